The number of hydrogen-bond acceptors (Lipinski definition) is 2. The summed E-state index contributed by atoms with van der Waals surface area (Å²) in [5, 5.41) is 2.44. The fourth-order valence-electron chi connectivity index (χ4n) is 3.18. The molecular formula is C20H26O2Si. The van der Waals surface area contributed by atoms with Crippen molar-refractivity contribution in [2.75, 3.05) is 0 Å². The van der Waals surface area contributed by atoms with Crippen molar-refractivity contribution < 1.29 is 9.22 Å². The molecule has 1 unspecified atom stereocenters. The molecule has 2 aromatic carbocycles. The van der Waals surface area contributed by atoms with Gasteiger partial charge in [0.2, 0.25) is 0 Å². The largest absolute Gasteiger partial charge is 0.404 e. The number of benzene rings is 2. The van der Waals surface area contributed by atoms with Gasteiger partial charge in [0, 0.05) is 12.5 Å². The molecule has 0 spiro atoms. The van der Waals surface area contributed by atoms with Gasteiger partial charge in [-0.05, 0) is 22.3 Å². The second-order valence-corrected chi connectivity index (χ2v) is 11.2. The normalized spacial score (nSPS) is 13.6. The van der Waals surface area contributed by atoms with Gasteiger partial charge in [-0.3, -0.25) is 0 Å². The molecular weight excluding hydrogens is 300 g/mol. The number of carbonyl (C=O) groups excluding carboxylic acids is 1. The Kier molecular flexibility index (Phi) is 5.55. The molecule has 0 bridgehead atoms. The third kappa shape index (κ3) is 3.62. The Labute approximate surface area is 140 Å². The zero-order chi connectivity index (χ0) is 16.9. The molecule has 0 amide bonds. The molecule has 0 saturated carbocycles. The highest BCUT2D eigenvalue weighted by Crippen LogP contribution is 2.37. The molecule has 0 radical (unpaired) electrons. The van der Waals surface area contributed by atoms with Gasteiger partial charge in [-0.1, -0.05) is 81.4 Å². The quantitative estimate of drug-likeness (QED) is 0.599. The third-order valence-electron chi connectivity index (χ3n) is 4.22. The van der Waals surface area contributed by atoms with E-state index in [1.807, 2.05) is 19.1 Å². The first-order chi connectivity index (χ1) is 10.9. The topological polar surface area (TPSA) is 26.3 Å². The first-order valence-corrected chi connectivity index (χ1v) is 10.0. The van der Waals surface area contributed by atoms with Gasteiger partial charge in [-0.25, -0.2) is 0 Å². The van der Waals surface area contributed by atoms with Crippen LogP contribution in [-0.4, -0.2) is 20.7 Å². The van der Waals surface area contributed by atoms with E-state index in [0.717, 1.165) is 6.29 Å². The van der Waals surface area contributed by atoms with E-state index in [1.54, 1.807) is 0 Å². The highest BCUT2D eigenvalue weighted by Gasteiger charge is 2.50. The van der Waals surface area contributed by atoms with Crippen LogP contribution in [0.3, 0.4) is 0 Å². The highest BCUT2D eigenvalue weighted by atomic mass is 28.4. The standard InChI is InChI=1S/C20H26O2Si/c1-17(15-16-21)22-23(20(2,3)4,18-11-7-5-8-12-18)19-13-9-6-10-14-19/h5-14,16-17H,15H2,1-4H3. The summed E-state index contributed by atoms with van der Waals surface area (Å²) in [6, 6.07) is 21.0. The molecule has 0 aliphatic carbocycles. The van der Waals surface area contributed by atoms with Gasteiger partial charge in [0.1, 0.15) is 6.29 Å². The van der Waals surface area contributed by atoms with Crippen molar-refractivity contribution in [3.8, 4) is 0 Å². The Hall–Kier alpha value is -1.71. The molecule has 3 heteroatoms. The molecule has 2 aromatic rings. The number of hydrogen-bond donors (Lipinski definition) is 0. The minimum atomic E-state index is -2.51. The Balaban J connectivity index is 2.67. The van der Waals surface area contributed by atoms with Crippen molar-refractivity contribution in [2.24, 2.45) is 0 Å². The summed E-state index contributed by atoms with van der Waals surface area (Å²) in [6.07, 6.45) is 1.27. The maximum Gasteiger partial charge on any atom is 0.261 e. The number of carbonyl (C=O) groups is 1. The highest BCUT2D eigenvalue weighted by molar-refractivity contribution is 6.99. The van der Waals surface area contributed by atoms with Crippen molar-refractivity contribution in [2.45, 2.75) is 45.3 Å². The van der Waals surface area contributed by atoms with Crippen LogP contribution in [0.15, 0.2) is 60.7 Å². The third-order valence-corrected chi connectivity index (χ3v) is 9.38. The molecule has 2 nitrogen and oxygen atoms in total. The summed E-state index contributed by atoms with van der Waals surface area (Å²) in [6.45, 7) is 8.72. The lowest BCUT2D eigenvalue weighted by Crippen LogP contribution is -2.67. The maximum atomic E-state index is 11.0. The minimum absolute atomic E-state index is 0.0488. The van der Waals surface area contributed by atoms with Crippen LogP contribution in [0.25, 0.3) is 0 Å². The molecule has 23 heavy (non-hydrogen) atoms. The predicted octanol–water partition coefficient (Wildman–Crippen LogP) is 3.54. The predicted molar refractivity (Wildman–Crippen MR) is 98.8 cm³/mol. The Bertz CT molecular complexity index is 578. The molecule has 0 aliphatic heterocycles. The molecule has 0 aromatic heterocycles. The molecule has 1 atom stereocenters. The Morgan fingerprint density at radius 1 is 0.957 bits per heavy atom. The lowest BCUT2D eigenvalue weighted by Gasteiger charge is -2.44. The minimum Gasteiger partial charge on any atom is -0.404 e. The van der Waals surface area contributed by atoms with Crippen LogP contribution in [0.5, 0.6) is 0 Å². The first kappa shape index (κ1) is 17.6. The van der Waals surface area contributed by atoms with E-state index < -0.39 is 8.32 Å². The molecule has 0 fully saturated rings. The lowest BCUT2D eigenvalue weighted by molar-refractivity contribution is -0.109. The SMILES string of the molecule is CC(CC=O)O[Si](c1ccccc1)(c1ccccc1)C(C)(C)C. The summed E-state index contributed by atoms with van der Waals surface area (Å²) in [7, 11) is -2.51. The van der Waals surface area contributed by atoms with Crippen LogP contribution < -0.4 is 10.4 Å². The molecule has 0 saturated heterocycles. The monoisotopic (exact) mass is 326 g/mol. The summed E-state index contributed by atoms with van der Waals surface area (Å²) in [5.74, 6) is 0. The summed E-state index contributed by atoms with van der Waals surface area (Å²) < 4.78 is 6.72. The van der Waals surface area contributed by atoms with Crippen LogP contribution in [0, 0.1) is 0 Å². The van der Waals surface area contributed by atoms with Gasteiger partial charge in [-0.15, -0.1) is 0 Å². The van der Waals surface area contributed by atoms with E-state index in [-0.39, 0.29) is 11.1 Å². The molecule has 2 rings (SSSR count). The molecule has 122 valence electrons. The second-order valence-electron chi connectivity index (χ2n) is 6.99. The van der Waals surface area contributed by atoms with Crippen LogP contribution in [0.1, 0.15) is 34.1 Å². The van der Waals surface area contributed by atoms with E-state index in [2.05, 4.69) is 69.3 Å². The van der Waals surface area contributed by atoms with E-state index in [9.17, 15) is 4.79 Å². The fraction of sp³-hybridized carbons (Fsp3) is 0.350. The van der Waals surface area contributed by atoms with Crippen LogP contribution >= 0.6 is 0 Å². The van der Waals surface area contributed by atoms with Crippen LogP contribution in [0.4, 0.5) is 0 Å². The van der Waals surface area contributed by atoms with E-state index in [1.165, 1.54) is 10.4 Å². The smallest absolute Gasteiger partial charge is 0.261 e. The average molecular weight is 327 g/mol. The van der Waals surface area contributed by atoms with Gasteiger partial charge in [-0.2, -0.15) is 0 Å². The van der Waals surface area contributed by atoms with Gasteiger partial charge >= 0.3 is 0 Å². The van der Waals surface area contributed by atoms with Gasteiger partial charge < -0.3 is 9.22 Å². The lowest BCUT2D eigenvalue weighted by atomic mass is 10.2. The second kappa shape index (κ2) is 7.24. The Morgan fingerprint density at radius 2 is 1.39 bits per heavy atom. The van der Waals surface area contributed by atoms with Crippen molar-refractivity contribution in [3.05, 3.63) is 60.7 Å². The summed E-state index contributed by atoms with van der Waals surface area (Å²) in [5.41, 5.74) is 0. The van der Waals surface area contributed by atoms with Crippen molar-refractivity contribution >= 4 is 25.0 Å². The van der Waals surface area contributed by atoms with E-state index in [4.69, 9.17) is 4.43 Å². The first-order valence-electron chi connectivity index (χ1n) is 8.14. The molecule has 0 N–H and O–H groups in total. The summed E-state index contributed by atoms with van der Waals surface area (Å²) in [4.78, 5) is 11.0. The van der Waals surface area contributed by atoms with Gasteiger partial charge in [0.05, 0.1) is 0 Å². The molecule has 0 aliphatic rings. The number of rotatable bonds is 6. The van der Waals surface area contributed by atoms with E-state index >= 15 is 0 Å². The zero-order valence-corrected chi connectivity index (χ0v) is 15.5. The Morgan fingerprint density at radius 3 is 1.74 bits per heavy atom. The zero-order valence-electron chi connectivity index (χ0n) is 14.5. The van der Waals surface area contributed by atoms with E-state index in [0.29, 0.717) is 6.42 Å². The van der Waals surface area contributed by atoms with Crippen molar-refractivity contribution in [1.82, 2.24) is 0 Å². The maximum absolute atomic E-state index is 11.0. The van der Waals surface area contributed by atoms with Crippen LogP contribution in [-0.2, 0) is 9.22 Å². The fourth-order valence-corrected chi connectivity index (χ4v) is 7.89. The van der Waals surface area contributed by atoms with Crippen molar-refractivity contribution in [1.29, 1.82) is 0 Å². The van der Waals surface area contributed by atoms with Gasteiger partial charge in [0.25, 0.3) is 8.32 Å². The molecule has 0 heterocycles. The van der Waals surface area contributed by atoms with Crippen LogP contribution in [0.2, 0.25) is 5.04 Å². The summed E-state index contributed by atoms with van der Waals surface area (Å²) >= 11 is 0. The van der Waals surface area contributed by atoms with Gasteiger partial charge in [0.15, 0.2) is 0 Å². The average Bonchev–Trinajstić information content (AvgIpc) is 2.53. The number of aldehydes is 1. The van der Waals surface area contributed by atoms with Crippen molar-refractivity contribution in [3.63, 3.8) is 0 Å².